The fraction of sp³-hybridized carbons (Fsp3) is 0.464. The Kier molecular flexibility index (Phi) is 6.96. The number of nitrogens with one attached hydrogen (secondary N) is 1. The van der Waals surface area contributed by atoms with Gasteiger partial charge in [-0.1, -0.05) is 30.3 Å². The number of benzene rings is 2. The van der Waals surface area contributed by atoms with Crippen LogP contribution in [0.15, 0.2) is 42.5 Å². The normalized spacial score (nSPS) is 19.2. The molecule has 0 saturated carbocycles. The van der Waals surface area contributed by atoms with E-state index in [1.807, 2.05) is 49.4 Å². The molecule has 2 aromatic carbocycles. The molecule has 2 aliphatic rings. The molecule has 1 unspecified atom stereocenters. The van der Waals surface area contributed by atoms with Crippen molar-refractivity contribution in [3.63, 3.8) is 0 Å². The molecular weight excluding hydrogens is 456 g/mol. The number of methoxy groups -OCH3 is 1. The third kappa shape index (κ3) is 4.57. The molecule has 36 heavy (non-hydrogen) atoms. The first-order valence-electron chi connectivity index (χ1n) is 12.8. The van der Waals surface area contributed by atoms with Crippen LogP contribution in [-0.4, -0.2) is 53.0 Å². The summed E-state index contributed by atoms with van der Waals surface area (Å²) in [6.45, 7) is 4.83. The lowest BCUT2D eigenvalue weighted by molar-refractivity contribution is -0.138. The van der Waals surface area contributed by atoms with Crippen LogP contribution in [0.4, 0.5) is 10.5 Å². The lowest BCUT2D eigenvalue weighted by Crippen LogP contribution is -2.42. The smallest absolute Gasteiger partial charge is 0.414 e. The standard InChI is InChI=1S/C28H34N4O4/c1-18-8-9-21-23(32(18)28(35)36-2)10-11-24-26(21)30-25(31(24)17-19-12-14-29-15-13-19)16-22(27(33)34)20-6-4-3-5-7-20/h3-7,10-11,18-19,22,29H,8-9,12-17H2,1-2H3,(H,33,34)/t18-,22?/m0/s1. The Morgan fingerprint density at radius 1 is 1.14 bits per heavy atom. The molecule has 1 amide bonds. The summed E-state index contributed by atoms with van der Waals surface area (Å²) in [4.78, 5) is 31.7. The summed E-state index contributed by atoms with van der Waals surface area (Å²) in [6, 6.07) is 13.5. The summed E-state index contributed by atoms with van der Waals surface area (Å²) < 4.78 is 7.32. The number of piperidine rings is 1. The largest absolute Gasteiger partial charge is 0.481 e. The van der Waals surface area contributed by atoms with Crippen molar-refractivity contribution in [3.8, 4) is 0 Å². The second kappa shape index (κ2) is 10.3. The molecule has 8 nitrogen and oxygen atoms in total. The predicted molar refractivity (Wildman–Crippen MR) is 139 cm³/mol. The summed E-state index contributed by atoms with van der Waals surface area (Å²) in [5.41, 5.74) is 4.53. The van der Waals surface area contributed by atoms with Gasteiger partial charge in [-0.05, 0) is 69.3 Å². The molecule has 5 rings (SSSR count). The van der Waals surface area contributed by atoms with E-state index in [0.29, 0.717) is 12.3 Å². The van der Waals surface area contributed by atoms with E-state index in [0.717, 1.165) is 79.0 Å². The highest BCUT2D eigenvalue weighted by Gasteiger charge is 2.32. The number of anilines is 1. The van der Waals surface area contributed by atoms with Gasteiger partial charge in [-0.3, -0.25) is 9.69 Å². The number of hydrogen-bond acceptors (Lipinski definition) is 5. The summed E-state index contributed by atoms with van der Waals surface area (Å²) in [5, 5.41) is 13.5. The lowest BCUT2D eigenvalue weighted by Gasteiger charge is -2.34. The van der Waals surface area contributed by atoms with Gasteiger partial charge in [-0.15, -0.1) is 0 Å². The van der Waals surface area contributed by atoms with Crippen molar-refractivity contribution in [2.45, 2.75) is 57.5 Å². The number of carboxylic acids is 1. The maximum atomic E-state index is 12.6. The Morgan fingerprint density at radius 2 is 1.89 bits per heavy atom. The number of fused-ring (bicyclic) bond motifs is 3. The fourth-order valence-electron chi connectivity index (χ4n) is 5.75. The highest BCUT2D eigenvalue weighted by atomic mass is 16.5. The monoisotopic (exact) mass is 490 g/mol. The molecule has 1 saturated heterocycles. The fourth-order valence-corrected chi connectivity index (χ4v) is 5.75. The van der Waals surface area contributed by atoms with Crippen molar-refractivity contribution in [1.82, 2.24) is 14.9 Å². The first-order chi connectivity index (χ1) is 17.5. The van der Waals surface area contributed by atoms with Crippen molar-refractivity contribution in [3.05, 3.63) is 59.4 Å². The van der Waals surface area contributed by atoms with Gasteiger partial charge in [-0.25, -0.2) is 9.78 Å². The number of amides is 1. The van der Waals surface area contributed by atoms with E-state index in [-0.39, 0.29) is 12.1 Å². The van der Waals surface area contributed by atoms with Gasteiger partial charge in [0.1, 0.15) is 5.82 Å². The van der Waals surface area contributed by atoms with E-state index in [1.165, 1.54) is 7.11 Å². The van der Waals surface area contributed by atoms with Crippen molar-refractivity contribution >= 4 is 28.8 Å². The molecule has 190 valence electrons. The number of hydrogen-bond donors (Lipinski definition) is 2. The molecule has 0 radical (unpaired) electrons. The number of imidazole rings is 1. The van der Waals surface area contributed by atoms with Gasteiger partial charge in [0.05, 0.1) is 29.7 Å². The summed E-state index contributed by atoms with van der Waals surface area (Å²) >= 11 is 0. The first kappa shape index (κ1) is 24.3. The van der Waals surface area contributed by atoms with Crippen molar-refractivity contribution < 1.29 is 19.4 Å². The van der Waals surface area contributed by atoms with Crippen molar-refractivity contribution in [2.24, 2.45) is 5.92 Å². The van der Waals surface area contributed by atoms with Gasteiger partial charge in [-0.2, -0.15) is 0 Å². The van der Waals surface area contributed by atoms with Crippen LogP contribution in [0.2, 0.25) is 0 Å². The number of nitrogens with zero attached hydrogens (tertiary/aromatic N) is 3. The number of carbonyl (C=O) groups excluding carboxylic acids is 1. The number of rotatable bonds is 6. The van der Waals surface area contributed by atoms with Crippen LogP contribution in [0, 0.1) is 5.92 Å². The van der Waals surface area contributed by atoms with E-state index < -0.39 is 11.9 Å². The molecule has 2 atom stereocenters. The number of carboxylic acid groups (broad SMARTS) is 1. The molecule has 8 heteroatoms. The molecule has 2 aliphatic heterocycles. The van der Waals surface area contributed by atoms with Gasteiger partial charge in [0.2, 0.25) is 0 Å². The van der Waals surface area contributed by atoms with Crippen molar-refractivity contribution in [1.29, 1.82) is 0 Å². The van der Waals surface area contributed by atoms with E-state index >= 15 is 0 Å². The third-order valence-electron chi connectivity index (χ3n) is 7.75. The molecule has 3 heterocycles. The van der Waals surface area contributed by atoms with Crippen LogP contribution in [0.25, 0.3) is 11.0 Å². The maximum Gasteiger partial charge on any atom is 0.414 e. The van der Waals surface area contributed by atoms with Crippen LogP contribution in [-0.2, 0) is 28.9 Å². The summed E-state index contributed by atoms with van der Waals surface area (Å²) in [6.07, 6.45) is 3.74. The topological polar surface area (TPSA) is 96.7 Å². The van der Waals surface area contributed by atoms with E-state index in [4.69, 9.17) is 9.72 Å². The molecule has 1 fully saturated rings. The Labute approximate surface area is 211 Å². The molecule has 0 aliphatic carbocycles. The van der Waals surface area contributed by atoms with Crippen LogP contribution in [0.5, 0.6) is 0 Å². The zero-order valence-corrected chi connectivity index (χ0v) is 20.9. The zero-order valence-electron chi connectivity index (χ0n) is 20.9. The minimum Gasteiger partial charge on any atom is -0.481 e. The minimum atomic E-state index is -0.852. The third-order valence-corrected chi connectivity index (χ3v) is 7.75. The number of aliphatic carboxylic acids is 1. The van der Waals surface area contributed by atoms with Gasteiger partial charge in [0.15, 0.2) is 0 Å². The number of ether oxygens (including phenoxy) is 1. The predicted octanol–water partition coefficient (Wildman–Crippen LogP) is 4.35. The Morgan fingerprint density at radius 3 is 2.58 bits per heavy atom. The molecule has 0 spiro atoms. The maximum absolute atomic E-state index is 12.6. The Balaban J connectivity index is 1.61. The van der Waals surface area contributed by atoms with E-state index in [2.05, 4.69) is 9.88 Å². The quantitative estimate of drug-likeness (QED) is 0.533. The van der Waals surface area contributed by atoms with Crippen molar-refractivity contribution in [2.75, 3.05) is 25.1 Å². The van der Waals surface area contributed by atoms with Crippen LogP contribution in [0.3, 0.4) is 0 Å². The molecule has 0 bridgehead atoms. The number of carbonyl (C=O) groups is 2. The first-order valence-corrected chi connectivity index (χ1v) is 12.8. The van der Waals surface area contributed by atoms with Gasteiger partial charge < -0.3 is 19.7 Å². The molecular formula is C28H34N4O4. The second-order valence-electron chi connectivity index (χ2n) is 10.00. The molecule has 3 aromatic rings. The van der Waals surface area contributed by atoms with Gasteiger partial charge in [0, 0.05) is 24.6 Å². The number of aryl methyl sites for hydroxylation is 1. The highest BCUT2D eigenvalue weighted by Crippen LogP contribution is 2.37. The number of aromatic nitrogens is 2. The van der Waals surface area contributed by atoms with Crippen LogP contribution >= 0.6 is 0 Å². The second-order valence-corrected chi connectivity index (χ2v) is 10.00. The average Bonchev–Trinajstić information content (AvgIpc) is 3.24. The molecule has 2 N–H and O–H groups in total. The van der Waals surface area contributed by atoms with Crippen LogP contribution < -0.4 is 10.2 Å². The lowest BCUT2D eigenvalue weighted by atomic mass is 9.95. The van der Waals surface area contributed by atoms with E-state index in [9.17, 15) is 14.7 Å². The Hall–Kier alpha value is -3.39. The highest BCUT2D eigenvalue weighted by molar-refractivity contribution is 5.95. The minimum absolute atomic E-state index is 0.0353. The summed E-state index contributed by atoms with van der Waals surface area (Å²) in [7, 11) is 1.41. The van der Waals surface area contributed by atoms with Crippen LogP contribution in [0.1, 0.15) is 49.1 Å². The SMILES string of the molecule is COC(=O)N1c2ccc3c(nc(CC(C(=O)O)c4ccccc4)n3CC3CCNCC3)c2CC[C@@H]1C. The zero-order chi connectivity index (χ0) is 25.2. The average molecular weight is 491 g/mol. The van der Waals surface area contributed by atoms with Gasteiger partial charge in [0.25, 0.3) is 0 Å². The Bertz CT molecular complexity index is 1250. The molecule has 1 aromatic heterocycles. The van der Waals surface area contributed by atoms with Gasteiger partial charge >= 0.3 is 12.1 Å². The van der Waals surface area contributed by atoms with E-state index in [1.54, 1.807) is 4.90 Å². The summed E-state index contributed by atoms with van der Waals surface area (Å²) in [5.74, 6) is -0.243.